The van der Waals surface area contributed by atoms with E-state index >= 15 is 0 Å². The number of anilines is 1. The molecule has 2 rings (SSSR count). The smallest absolute Gasteiger partial charge is 0.352 e. The summed E-state index contributed by atoms with van der Waals surface area (Å²) in [6.07, 6.45) is -0.865. The fraction of sp³-hybridized carbons (Fsp3) is 0.125. The van der Waals surface area contributed by atoms with Crippen molar-refractivity contribution in [2.75, 3.05) is 4.72 Å². The van der Waals surface area contributed by atoms with E-state index in [0.29, 0.717) is 0 Å². The molecule has 0 bridgehead atoms. The van der Waals surface area contributed by atoms with Crippen LogP contribution < -0.4 is 10.1 Å². The summed E-state index contributed by atoms with van der Waals surface area (Å²) >= 11 is 1.00. The summed E-state index contributed by atoms with van der Waals surface area (Å²) in [6, 6.07) is 8.67. The van der Waals surface area contributed by atoms with Crippen molar-refractivity contribution >= 4 is 50.6 Å². The molecule has 148 valence electrons. The van der Waals surface area contributed by atoms with Crippen LogP contribution in [0.3, 0.4) is 0 Å². The first-order chi connectivity index (χ1) is 13.2. The van der Waals surface area contributed by atoms with Crippen LogP contribution in [0.1, 0.15) is 23.2 Å². The molecule has 0 atom stereocenters. The Morgan fingerprint density at radius 1 is 1.04 bits per heavy atom. The van der Waals surface area contributed by atoms with Crippen LogP contribution in [-0.2, 0) is 19.6 Å². The number of hydrogen-bond donors (Lipinski definition) is 4. The molecule has 10 nitrogen and oxygen atoms in total. The van der Waals surface area contributed by atoms with Crippen LogP contribution in [0.5, 0.6) is 0 Å². The molecular weight excluding hydrogens is 410 g/mol. The number of para-hydroxylation sites is 1. The summed E-state index contributed by atoms with van der Waals surface area (Å²) in [6.45, 7) is 0. The van der Waals surface area contributed by atoms with Crippen molar-refractivity contribution in [3.63, 3.8) is 0 Å². The van der Waals surface area contributed by atoms with Crippen LogP contribution in [0.2, 0.25) is 0 Å². The van der Waals surface area contributed by atoms with Gasteiger partial charge in [-0.15, -0.1) is 11.3 Å². The van der Waals surface area contributed by atoms with Gasteiger partial charge in [0.2, 0.25) is 0 Å². The van der Waals surface area contributed by atoms with Crippen molar-refractivity contribution in [2.24, 2.45) is 5.10 Å². The topological polar surface area (TPSA) is 162 Å². The van der Waals surface area contributed by atoms with Crippen molar-refractivity contribution in [3.8, 4) is 0 Å². The highest BCUT2D eigenvalue weighted by atomic mass is 32.2. The van der Waals surface area contributed by atoms with E-state index in [0.717, 1.165) is 11.3 Å². The molecule has 1 amide bonds. The van der Waals surface area contributed by atoms with Crippen LogP contribution in [0.4, 0.5) is 5.69 Å². The van der Waals surface area contributed by atoms with Crippen molar-refractivity contribution in [3.05, 3.63) is 47.3 Å². The summed E-state index contributed by atoms with van der Waals surface area (Å²) in [7, 11) is -3.90. The Bertz CT molecular complexity index is 1010. The first-order valence-electron chi connectivity index (χ1n) is 7.68. The molecule has 0 saturated heterocycles. The number of carbonyl (C=O) groups is 3. The molecule has 0 unspecified atom stereocenters. The highest BCUT2D eigenvalue weighted by Gasteiger charge is 2.20. The average Bonchev–Trinajstić information content (AvgIpc) is 3.16. The Balaban J connectivity index is 2.21. The molecule has 28 heavy (non-hydrogen) atoms. The molecule has 0 aliphatic rings. The van der Waals surface area contributed by atoms with Gasteiger partial charge in [-0.05, 0) is 23.6 Å². The molecule has 0 radical (unpaired) electrons. The maximum atomic E-state index is 12.3. The van der Waals surface area contributed by atoms with E-state index < -0.39 is 46.4 Å². The van der Waals surface area contributed by atoms with Gasteiger partial charge < -0.3 is 10.2 Å². The Hall–Kier alpha value is -3.25. The van der Waals surface area contributed by atoms with Crippen molar-refractivity contribution < 1.29 is 33.0 Å². The molecular formula is C16H15N3O7S2. The summed E-state index contributed by atoms with van der Waals surface area (Å²) in [5, 5.41) is 22.7. The average molecular weight is 425 g/mol. The van der Waals surface area contributed by atoms with Gasteiger partial charge in [-0.25, -0.2) is 18.6 Å². The Morgan fingerprint density at radius 3 is 2.36 bits per heavy atom. The van der Waals surface area contributed by atoms with Gasteiger partial charge in [-0.2, -0.15) is 5.10 Å². The number of thiophene rings is 1. The number of carboxylic acids is 2. The normalized spacial score (nSPS) is 11.6. The number of carbonyl (C=O) groups excluding carboxylic acids is 1. The minimum atomic E-state index is -3.90. The first kappa shape index (κ1) is 21.1. The Labute approximate surface area is 163 Å². The number of sulfonamides is 1. The van der Waals surface area contributed by atoms with Crippen LogP contribution in [0.25, 0.3) is 0 Å². The highest BCUT2D eigenvalue weighted by molar-refractivity contribution is 7.94. The van der Waals surface area contributed by atoms with Gasteiger partial charge in [0.15, 0.2) is 0 Å². The van der Waals surface area contributed by atoms with Crippen LogP contribution in [0.15, 0.2) is 51.1 Å². The third-order valence-electron chi connectivity index (χ3n) is 3.29. The van der Waals surface area contributed by atoms with Gasteiger partial charge in [0.25, 0.3) is 15.9 Å². The van der Waals surface area contributed by atoms with E-state index in [-0.39, 0.29) is 15.5 Å². The molecule has 0 fully saturated rings. The van der Waals surface area contributed by atoms with Crippen molar-refractivity contribution in [2.45, 2.75) is 17.1 Å². The molecule has 0 spiro atoms. The zero-order valence-corrected chi connectivity index (χ0v) is 15.8. The number of nitrogens with zero attached hydrogens (tertiary/aromatic N) is 1. The largest absolute Gasteiger partial charge is 0.481 e. The molecule has 0 saturated carbocycles. The van der Waals surface area contributed by atoms with Crippen molar-refractivity contribution in [1.29, 1.82) is 0 Å². The maximum absolute atomic E-state index is 12.3. The second-order valence-electron chi connectivity index (χ2n) is 5.28. The monoisotopic (exact) mass is 425 g/mol. The van der Waals surface area contributed by atoms with E-state index in [9.17, 15) is 22.8 Å². The van der Waals surface area contributed by atoms with E-state index in [2.05, 4.69) is 9.82 Å². The molecule has 0 aliphatic carbocycles. The lowest BCUT2D eigenvalue weighted by molar-refractivity contribution is -0.136. The fourth-order valence-electron chi connectivity index (χ4n) is 2.00. The van der Waals surface area contributed by atoms with E-state index in [4.69, 9.17) is 10.2 Å². The number of nitrogens with one attached hydrogen (secondary N) is 2. The lowest BCUT2D eigenvalue weighted by atomic mass is 10.2. The first-order valence-corrected chi connectivity index (χ1v) is 10.0. The zero-order valence-electron chi connectivity index (χ0n) is 14.2. The summed E-state index contributed by atoms with van der Waals surface area (Å²) in [4.78, 5) is 34.0. The third-order valence-corrected chi connectivity index (χ3v) is 6.05. The molecule has 0 aliphatic heterocycles. The van der Waals surface area contributed by atoms with Crippen LogP contribution >= 0.6 is 11.3 Å². The second-order valence-corrected chi connectivity index (χ2v) is 8.14. The Kier molecular flexibility index (Phi) is 6.84. The van der Waals surface area contributed by atoms with Gasteiger partial charge in [-0.3, -0.25) is 14.3 Å². The predicted octanol–water partition coefficient (Wildman–Crippen LogP) is 1.58. The van der Waals surface area contributed by atoms with Gasteiger partial charge in [-0.1, -0.05) is 18.2 Å². The highest BCUT2D eigenvalue weighted by Crippen LogP contribution is 2.22. The number of hydrogen-bond acceptors (Lipinski definition) is 7. The summed E-state index contributed by atoms with van der Waals surface area (Å²) in [5.41, 5.74) is 1.35. The summed E-state index contributed by atoms with van der Waals surface area (Å²) < 4.78 is 27.1. The quantitative estimate of drug-likeness (QED) is 0.350. The number of benzene rings is 1. The fourth-order valence-corrected chi connectivity index (χ4v) is 4.07. The van der Waals surface area contributed by atoms with E-state index in [1.807, 2.05) is 5.43 Å². The van der Waals surface area contributed by atoms with Crippen molar-refractivity contribution in [1.82, 2.24) is 5.43 Å². The number of amides is 1. The predicted molar refractivity (Wildman–Crippen MR) is 101 cm³/mol. The Morgan fingerprint density at radius 2 is 1.75 bits per heavy atom. The van der Waals surface area contributed by atoms with E-state index in [1.165, 1.54) is 30.3 Å². The molecule has 12 heteroatoms. The lowest BCUT2D eigenvalue weighted by Gasteiger charge is -2.11. The second kappa shape index (κ2) is 9.10. The van der Waals surface area contributed by atoms with Crippen LogP contribution in [-0.4, -0.2) is 42.2 Å². The van der Waals surface area contributed by atoms with Gasteiger partial charge in [0.1, 0.15) is 9.92 Å². The van der Waals surface area contributed by atoms with Crippen LogP contribution in [0, 0.1) is 0 Å². The zero-order chi connectivity index (χ0) is 20.7. The maximum Gasteiger partial charge on any atom is 0.352 e. The van der Waals surface area contributed by atoms with E-state index in [1.54, 1.807) is 11.4 Å². The SMILES string of the molecule is O=C(O)CCC(=NNC(=O)c1ccccc1NS(=O)(=O)c1cccs1)C(=O)O. The minimum absolute atomic E-state index is 0.0222. The minimum Gasteiger partial charge on any atom is -0.481 e. The van der Waals surface area contributed by atoms with Gasteiger partial charge in [0, 0.05) is 6.42 Å². The molecule has 1 aromatic heterocycles. The lowest BCUT2D eigenvalue weighted by Crippen LogP contribution is -2.25. The molecule has 2 aromatic rings. The molecule has 1 heterocycles. The van der Waals surface area contributed by atoms with Gasteiger partial charge in [0.05, 0.1) is 17.7 Å². The number of rotatable bonds is 9. The standard InChI is InChI=1S/C16H15N3O7S2/c20-13(21)8-7-12(16(23)24)17-18-15(22)10-4-1-2-5-11(10)19-28(25,26)14-6-3-9-27-14/h1-6,9,19H,7-8H2,(H,18,22)(H,20,21)(H,23,24). The number of carboxylic acid groups (broad SMARTS) is 2. The summed E-state index contributed by atoms with van der Waals surface area (Å²) in [5.74, 6) is -3.56. The third kappa shape index (κ3) is 5.62. The number of aliphatic carboxylic acids is 2. The molecule has 4 N–H and O–H groups in total. The van der Waals surface area contributed by atoms with Gasteiger partial charge >= 0.3 is 11.9 Å². The number of hydrazone groups is 1. The molecule has 1 aromatic carbocycles.